The van der Waals surface area contributed by atoms with Crippen LogP contribution in [0.25, 0.3) is 11.0 Å². The maximum absolute atomic E-state index is 13.0. The fraction of sp³-hybridized carbons (Fsp3) is 0.259. The minimum atomic E-state index is -4.36. The van der Waals surface area contributed by atoms with Crippen molar-refractivity contribution >= 4 is 27.0 Å². The molecule has 0 aliphatic carbocycles. The Morgan fingerprint density at radius 1 is 1.15 bits per heavy atom. The summed E-state index contributed by atoms with van der Waals surface area (Å²) in [5.74, 6) is 0.128. The summed E-state index contributed by atoms with van der Waals surface area (Å²) in [6, 6.07) is 12.8. The van der Waals surface area contributed by atoms with Gasteiger partial charge in [-0.1, -0.05) is 12.1 Å². The van der Waals surface area contributed by atoms with Gasteiger partial charge in [-0.2, -0.15) is 5.26 Å². The molecule has 4 heterocycles. The zero-order valence-corrected chi connectivity index (χ0v) is 21.6. The van der Waals surface area contributed by atoms with Crippen LogP contribution in [0, 0.1) is 17.2 Å². The van der Waals surface area contributed by atoms with Crippen molar-refractivity contribution in [1.82, 2.24) is 19.7 Å². The molecule has 0 spiro atoms. The molecule has 2 N–H and O–H groups in total. The van der Waals surface area contributed by atoms with Crippen molar-refractivity contribution in [2.24, 2.45) is 5.92 Å². The van der Waals surface area contributed by atoms with Crippen molar-refractivity contribution in [2.75, 3.05) is 19.8 Å². The van der Waals surface area contributed by atoms with Gasteiger partial charge in [-0.05, 0) is 55.5 Å². The van der Waals surface area contributed by atoms with Crippen LogP contribution in [0.3, 0.4) is 0 Å². The van der Waals surface area contributed by atoms with Crippen LogP contribution in [0.2, 0.25) is 0 Å². The van der Waals surface area contributed by atoms with E-state index in [1.54, 1.807) is 30.5 Å². The fourth-order valence-corrected chi connectivity index (χ4v) is 5.15. The highest BCUT2D eigenvalue weighted by molar-refractivity contribution is 7.90. The van der Waals surface area contributed by atoms with Crippen LogP contribution >= 0.6 is 0 Å². The van der Waals surface area contributed by atoms with Crippen molar-refractivity contribution in [3.05, 3.63) is 72.2 Å². The molecule has 1 saturated heterocycles. The van der Waals surface area contributed by atoms with Gasteiger partial charge in [-0.3, -0.25) is 4.79 Å². The van der Waals surface area contributed by atoms with E-state index in [-0.39, 0.29) is 27.7 Å². The Bertz CT molecular complexity index is 1640. The van der Waals surface area contributed by atoms with Gasteiger partial charge < -0.3 is 19.2 Å². The first-order chi connectivity index (χ1) is 18.9. The Kier molecular flexibility index (Phi) is 7.72. The molecule has 0 saturated carbocycles. The summed E-state index contributed by atoms with van der Waals surface area (Å²) in [4.78, 5) is 23.9. The van der Waals surface area contributed by atoms with Gasteiger partial charge in [-0.25, -0.2) is 23.1 Å². The number of amides is 1. The monoisotopic (exact) mass is 547 g/mol. The zero-order chi connectivity index (χ0) is 27.2. The second-order valence-corrected chi connectivity index (χ2v) is 10.6. The van der Waals surface area contributed by atoms with Crippen molar-refractivity contribution in [2.45, 2.75) is 24.2 Å². The second-order valence-electron chi connectivity index (χ2n) is 8.95. The minimum absolute atomic E-state index is 0.00299. The van der Waals surface area contributed by atoms with Crippen molar-refractivity contribution in [3.8, 4) is 23.4 Å². The molecule has 12 heteroatoms. The minimum Gasteiger partial charge on any atom is -0.477 e. The summed E-state index contributed by atoms with van der Waals surface area (Å²) < 4.78 is 44.9. The molecule has 1 aromatic carbocycles. The number of ether oxygens (including phenoxy) is 3. The normalized spacial score (nSPS) is 14.0. The quantitative estimate of drug-likeness (QED) is 0.317. The summed E-state index contributed by atoms with van der Waals surface area (Å²) in [7, 11) is -4.36. The lowest BCUT2D eigenvalue weighted by molar-refractivity contribution is 0.0591. The van der Waals surface area contributed by atoms with Crippen molar-refractivity contribution in [3.63, 3.8) is 0 Å². The van der Waals surface area contributed by atoms with E-state index in [9.17, 15) is 18.5 Å². The molecule has 39 heavy (non-hydrogen) atoms. The lowest BCUT2D eigenvalue weighted by Gasteiger charge is -2.21. The van der Waals surface area contributed by atoms with Gasteiger partial charge in [0.2, 0.25) is 5.88 Å². The topological polar surface area (TPSA) is 156 Å². The van der Waals surface area contributed by atoms with E-state index in [0.29, 0.717) is 23.9 Å². The summed E-state index contributed by atoms with van der Waals surface area (Å²) in [6.07, 6.45) is 6.97. The number of nitriles is 1. The number of benzene rings is 1. The number of carbonyl (C=O) groups excluding carboxylic acids is 1. The van der Waals surface area contributed by atoms with Gasteiger partial charge in [0.05, 0.1) is 24.6 Å². The first kappa shape index (κ1) is 26.1. The van der Waals surface area contributed by atoms with E-state index in [0.717, 1.165) is 50.1 Å². The number of sulfonamides is 1. The third-order valence-electron chi connectivity index (χ3n) is 6.32. The molecule has 11 nitrogen and oxygen atoms in total. The fourth-order valence-electron chi connectivity index (χ4n) is 4.21. The van der Waals surface area contributed by atoms with Crippen LogP contribution in [-0.4, -0.2) is 49.1 Å². The number of H-pyrrole nitrogens is 1. The molecule has 200 valence electrons. The Morgan fingerprint density at radius 2 is 1.97 bits per heavy atom. The largest absolute Gasteiger partial charge is 0.477 e. The van der Waals surface area contributed by atoms with Crippen LogP contribution in [0.5, 0.6) is 17.4 Å². The molecule has 3 aromatic heterocycles. The standard InChI is InChI=1S/C27H25N5O6S/c28-15-20-14-22(17-31-27(20)37-12-8-18-6-10-36-11-7-18)39(34,35)32-26(33)23-3-1-2-4-24(23)38-21-13-19-5-9-29-25(19)30-16-21/h1-5,9,13-14,16-18H,6-8,10-12H2,(H,29,30)(H,32,33). The van der Waals surface area contributed by atoms with E-state index >= 15 is 0 Å². The summed E-state index contributed by atoms with van der Waals surface area (Å²) in [6.45, 7) is 1.79. The number of carbonyl (C=O) groups is 1. The first-order valence-corrected chi connectivity index (χ1v) is 13.8. The van der Waals surface area contributed by atoms with Gasteiger partial charge in [0.25, 0.3) is 15.9 Å². The molecule has 1 amide bonds. The molecule has 1 fully saturated rings. The Morgan fingerprint density at radius 3 is 2.79 bits per heavy atom. The molecule has 1 aliphatic heterocycles. The third kappa shape index (κ3) is 6.17. The van der Waals surface area contributed by atoms with Gasteiger partial charge >= 0.3 is 0 Å². The summed E-state index contributed by atoms with van der Waals surface area (Å²) in [5, 5.41) is 10.4. The molecule has 0 unspecified atom stereocenters. The van der Waals surface area contributed by atoms with Crippen LogP contribution in [-0.2, 0) is 14.8 Å². The average Bonchev–Trinajstić information content (AvgIpc) is 3.42. The lowest BCUT2D eigenvalue weighted by Crippen LogP contribution is -2.31. The van der Waals surface area contributed by atoms with Gasteiger partial charge in [0.15, 0.2) is 0 Å². The maximum Gasteiger partial charge on any atom is 0.268 e. The average molecular weight is 548 g/mol. The number of nitrogens with zero attached hydrogens (tertiary/aromatic N) is 3. The predicted octanol–water partition coefficient (Wildman–Crippen LogP) is 3.94. The molecule has 0 radical (unpaired) electrons. The summed E-state index contributed by atoms with van der Waals surface area (Å²) in [5.41, 5.74) is 0.631. The highest BCUT2D eigenvalue weighted by atomic mass is 32.2. The van der Waals surface area contributed by atoms with Crippen molar-refractivity contribution < 1.29 is 27.4 Å². The predicted molar refractivity (Wildman–Crippen MR) is 140 cm³/mol. The molecular formula is C27H25N5O6S. The number of fused-ring (bicyclic) bond motifs is 1. The highest BCUT2D eigenvalue weighted by Crippen LogP contribution is 2.28. The highest BCUT2D eigenvalue weighted by Gasteiger charge is 2.24. The molecule has 4 aromatic rings. The Balaban J connectivity index is 1.28. The van der Waals surface area contributed by atoms with Crippen LogP contribution in [0.15, 0.2) is 66.0 Å². The molecule has 5 rings (SSSR count). The van der Waals surface area contributed by atoms with Gasteiger partial charge in [0, 0.05) is 24.8 Å². The summed E-state index contributed by atoms with van der Waals surface area (Å²) >= 11 is 0. The van der Waals surface area contributed by atoms with Crippen molar-refractivity contribution in [1.29, 1.82) is 5.26 Å². The SMILES string of the molecule is N#Cc1cc(S(=O)(=O)NC(=O)c2ccccc2Oc2cnc3[nH]ccc3c2)cnc1OCCC1CCOCC1. The third-order valence-corrected chi connectivity index (χ3v) is 7.62. The first-order valence-electron chi connectivity index (χ1n) is 12.3. The number of nitrogens with one attached hydrogen (secondary N) is 2. The Hall–Kier alpha value is -4.47. The van der Waals surface area contributed by atoms with E-state index in [4.69, 9.17) is 14.2 Å². The lowest BCUT2D eigenvalue weighted by atomic mass is 9.97. The number of hydrogen-bond acceptors (Lipinski definition) is 9. The van der Waals surface area contributed by atoms with E-state index in [1.165, 1.54) is 12.3 Å². The maximum atomic E-state index is 13.0. The number of rotatable bonds is 9. The second kappa shape index (κ2) is 11.5. The number of aromatic nitrogens is 3. The van der Waals surface area contributed by atoms with Crippen LogP contribution < -0.4 is 14.2 Å². The molecule has 0 atom stereocenters. The number of hydrogen-bond donors (Lipinski definition) is 2. The number of para-hydroxylation sites is 1. The molecule has 1 aliphatic rings. The van der Waals surface area contributed by atoms with E-state index in [1.807, 2.05) is 16.9 Å². The molecule has 0 bridgehead atoms. The van der Waals surface area contributed by atoms with Crippen LogP contribution in [0.4, 0.5) is 0 Å². The van der Waals surface area contributed by atoms with Crippen LogP contribution in [0.1, 0.15) is 35.2 Å². The van der Waals surface area contributed by atoms with E-state index in [2.05, 4.69) is 15.0 Å². The van der Waals surface area contributed by atoms with Gasteiger partial charge in [-0.15, -0.1) is 0 Å². The van der Waals surface area contributed by atoms with Gasteiger partial charge in [0.1, 0.15) is 33.7 Å². The Labute approximate surface area is 224 Å². The smallest absolute Gasteiger partial charge is 0.268 e. The van der Waals surface area contributed by atoms with E-state index < -0.39 is 15.9 Å². The molecular weight excluding hydrogens is 522 g/mol. The number of pyridine rings is 2. The zero-order valence-electron chi connectivity index (χ0n) is 20.8. The number of aromatic amines is 1.